The number of hydrogen-bond donors (Lipinski definition) is 1. The van der Waals surface area contributed by atoms with Gasteiger partial charge in [0.15, 0.2) is 0 Å². The predicted molar refractivity (Wildman–Crippen MR) is 54.1 cm³/mol. The Kier molecular flexibility index (Phi) is 3.50. The molecule has 1 N–H and O–H groups in total. The number of aromatic nitrogens is 1. The molecule has 12 heavy (non-hydrogen) atoms. The van der Waals surface area contributed by atoms with E-state index in [0.717, 1.165) is 17.1 Å². The average Bonchev–Trinajstić information content (AvgIpc) is 2.36. The monoisotopic (exact) mass is 204 g/mol. The zero-order chi connectivity index (χ0) is 9.14. The fourth-order valence-electron chi connectivity index (χ4n) is 0.913. The summed E-state index contributed by atoms with van der Waals surface area (Å²) in [7, 11) is 1.95. The molecule has 0 radical (unpaired) electrons. The molecule has 1 atom stereocenters. The molecule has 0 saturated carbocycles. The van der Waals surface area contributed by atoms with Crippen LogP contribution >= 0.6 is 23.1 Å². The van der Waals surface area contributed by atoms with Crippen LogP contribution in [0.4, 0.5) is 0 Å². The number of rotatable bonds is 3. The molecule has 0 amide bonds. The van der Waals surface area contributed by atoms with Crippen LogP contribution in [-0.4, -0.2) is 17.5 Å². The van der Waals surface area contributed by atoms with E-state index in [0.29, 0.717) is 6.04 Å². The fourth-order valence-corrected chi connectivity index (χ4v) is 2.08. The molecule has 1 rings (SSSR count). The summed E-state index contributed by atoms with van der Waals surface area (Å²) in [5, 5.41) is 4.01. The molecule has 0 bridgehead atoms. The first kappa shape index (κ1) is 9.96. The number of likely N-dealkylation sites (N-methyl/N-ethyl adjacent to an activating group) is 1. The second-order valence-electron chi connectivity index (χ2n) is 2.90. The molecular formula is C8H13ClN2S. The molecule has 1 unspecified atom stereocenters. The molecule has 0 aromatic carbocycles. The van der Waals surface area contributed by atoms with Crippen molar-refractivity contribution in [2.75, 3.05) is 7.05 Å². The Hall–Kier alpha value is -0.120. The van der Waals surface area contributed by atoms with E-state index in [2.05, 4.69) is 16.6 Å². The quantitative estimate of drug-likeness (QED) is 0.817. The fraction of sp³-hybridized carbons (Fsp3) is 0.625. The summed E-state index contributed by atoms with van der Waals surface area (Å²) in [5.74, 6) is 0. The van der Waals surface area contributed by atoms with Gasteiger partial charge in [-0.05, 0) is 38.8 Å². The maximum Gasteiger partial charge on any atom is 0.0775 e. The van der Waals surface area contributed by atoms with Gasteiger partial charge in [0.1, 0.15) is 0 Å². The van der Waals surface area contributed by atoms with Gasteiger partial charge in [-0.25, -0.2) is 0 Å². The van der Waals surface area contributed by atoms with Crippen LogP contribution < -0.4 is 5.32 Å². The summed E-state index contributed by atoms with van der Waals surface area (Å²) in [5.41, 5.74) is 0.944. The van der Waals surface area contributed by atoms with E-state index in [1.807, 2.05) is 14.0 Å². The minimum Gasteiger partial charge on any atom is -0.317 e. The highest BCUT2D eigenvalue weighted by atomic mass is 35.5. The molecule has 0 aliphatic carbocycles. The van der Waals surface area contributed by atoms with Crippen LogP contribution in [0.15, 0.2) is 0 Å². The first-order valence-electron chi connectivity index (χ1n) is 3.93. The number of hydrogen-bond acceptors (Lipinski definition) is 3. The largest absolute Gasteiger partial charge is 0.317 e. The number of aryl methyl sites for hydroxylation is 1. The highest BCUT2D eigenvalue weighted by Crippen LogP contribution is 2.24. The van der Waals surface area contributed by atoms with Crippen molar-refractivity contribution in [3.63, 3.8) is 0 Å². The van der Waals surface area contributed by atoms with Crippen LogP contribution in [0.5, 0.6) is 0 Å². The van der Waals surface area contributed by atoms with Crippen LogP contribution in [0.1, 0.15) is 17.5 Å². The van der Waals surface area contributed by atoms with Gasteiger partial charge in [-0.15, -0.1) is 0 Å². The van der Waals surface area contributed by atoms with E-state index in [4.69, 9.17) is 11.6 Å². The van der Waals surface area contributed by atoms with Crippen molar-refractivity contribution < 1.29 is 0 Å². The molecule has 0 spiro atoms. The number of nitrogens with one attached hydrogen (secondary N) is 1. The molecule has 2 nitrogen and oxygen atoms in total. The summed E-state index contributed by atoms with van der Waals surface area (Å²) < 4.78 is 4.19. The molecule has 1 heterocycles. The van der Waals surface area contributed by atoms with Crippen molar-refractivity contribution in [2.45, 2.75) is 26.3 Å². The molecule has 1 aromatic heterocycles. The van der Waals surface area contributed by atoms with E-state index in [-0.39, 0.29) is 0 Å². The van der Waals surface area contributed by atoms with Crippen molar-refractivity contribution >= 4 is 23.1 Å². The lowest BCUT2D eigenvalue weighted by Crippen LogP contribution is -2.23. The lowest BCUT2D eigenvalue weighted by Gasteiger charge is -2.07. The first-order chi connectivity index (χ1) is 5.65. The van der Waals surface area contributed by atoms with Crippen LogP contribution in [0.25, 0.3) is 0 Å². The van der Waals surface area contributed by atoms with Crippen LogP contribution in [0.2, 0.25) is 5.02 Å². The Morgan fingerprint density at radius 3 is 2.75 bits per heavy atom. The van der Waals surface area contributed by atoms with Crippen LogP contribution in [0.3, 0.4) is 0 Å². The lowest BCUT2D eigenvalue weighted by atomic mass is 10.2. The summed E-state index contributed by atoms with van der Waals surface area (Å²) in [6.07, 6.45) is 0.959. The first-order valence-corrected chi connectivity index (χ1v) is 5.08. The third-order valence-corrected chi connectivity index (χ3v) is 3.41. The highest BCUT2D eigenvalue weighted by Gasteiger charge is 2.10. The molecule has 1 aromatic rings. The Bertz CT molecular complexity index is 260. The normalized spacial score (nSPS) is 13.3. The molecule has 0 aliphatic rings. The van der Waals surface area contributed by atoms with E-state index >= 15 is 0 Å². The zero-order valence-electron chi connectivity index (χ0n) is 7.52. The third-order valence-electron chi connectivity index (χ3n) is 1.84. The molecule has 0 fully saturated rings. The second-order valence-corrected chi connectivity index (χ2v) is 4.13. The van der Waals surface area contributed by atoms with Gasteiger partial charge in [0.25, 0.3) is 0 Å². The van der Waals surface area contributed by atoms with Gasteiger partial charge < -0.3 is 5.32 Å². The van der Waals surface area contributed by atoms with Gasteiger partial charge in [-0.2, -0.15) is 4.37 Å². The summed E-state index contributed by atoms with van der Waals surface area (Å²) >= 11 is 7.53. The Balaban J connectivity index is 2.69. The van der Waals surface area contributed by atoms with Gasteiger partial charge in [0.2, 0.25) is 0 Å². The molecule has 0 aliphatic heterocycles. The van der Waals surface area contributed by atoms with Gasteiger partial charge >= 0.3 is 0 Å². The van der Waals surface area contributed by atoms with Crippen LogP contribution in [-0.2, 0) is 6.42 Å². The molecular weight excluding hydrogens is 192 g/mol. The smallest absolute Gasteiger partial charge is 0.0775 e. The summed E-state index contributed by atoms with van der Waals surface area (Å²) in [6.45, 7) is 4.07. The molecule has 4 heteroatoms. The van der Waals surface area contributed by atoms with Crippen molar-refractivity contribution in [3.05, 3.63) is 15.6 Å². The topological polar surface area (TPSA) is 24.9 Å². The second kappa shape index (κ2) is 4.21. The van der Waals surface area contributed by atoms with Gasteiger partial charge in [0.05, 0.1) is 10.7 Å². The standard InChI is InChI=1S/C8H13ClN2S/c1-5(10-3)4-7-8(9)6(2)11-12-7/h5,10H,4H2,1-3H3. The minimum absolute atomic E-state index is 0.461. The third kappa shape index (κ3) is 2.19. The van der Waals surface area contributed by atoms with E-state index in [9.17, 15) is 0 Å². The van der Waals surface area contributed by atoms with Crippen molar-refractivity contribution in [2.24, 2.45) is 0 Å². The highest BCUT2D eigenvalue weighted by molar-refractivity contribution is 7.06. The number of nitrogens with zero attached hydrogens (tertiary/aromatic N) is 1. The van der Waals surface area contributed by atoms with Crippen molar-refractivity contribution in [3.8, 4) is 0 Å². The van der Waals surface area contributed by atoms with Gasteiger partial charge in [-0.3, -0.25) is 0 Å². The SMILES string of the molecule is CNC(C)Cc1snc(C)c1Cl. The average molecular weight is 205 g/mol. The van der Waals surface area contributed by atoms with Crippen LogP contribution in [0, 0.1) is 6.92 Å². The Morgan fingerprint density at radius 2 is 2.33 bits per heavy atom. The minimum atomic E-state index is 0.461. The Labute approximate surface area is 82.1 Å². The maximum atomic E-state index is 6.03. The zero-order valence-corrected chi connectivity index (χ0v) is 9.09. The van der Waals surface area contributed by atoms with Crippen molar-refractivity contribution in [1.82, 2.24) is 9.69 Å². The molecule has 68 valence electrons. The van der Waals surface area contributed by atoms with E-state index in [1.54, 1.807) is 0 Å². The maximum absolute atomic E-state index is 6.03. The summed E-state index contributed by atoms with van der Waals surface area (Å²) in [4.78, 5) is 1.18. The summed E-state index contributed by atoms with van der Waals surface area (Å²) in [6, 6.07) is 0.461. The van der Waals surface area contributed by atoms with E-state index in [1.165, 1.54) is 16.4 Å². The van der Waals surface area contributed by atoms with E-state index < -0.39 is 0 Å². The predicted octanol–water partition coefficient (Wildman–Crippen LogP) is 2.26. The number of halogens is 1. The molecule has 0 saturated heterocycles. The Morgan fingerprint density at radius 1 is 1.67 bits per heavy atom. The van der Waals surface area contributed by atoms with Crippen molar-refractivity contribution in [1.29, 1.82) is 0 Å². The van der Waals surface area contributed by atoms with Gasteiger partial charge in [0, 0.05) is 10.9 Å². The lowest BCUT2D eigenvalue weighted by molar-refractivity contribution is 0.613. The van der Waals surface area contributed by atoms with Gasteiger partial charge in [-0.1, -0.05) is 11.6 Å².